The van der Waals surface area contributed by atoms with Crippen LogP contribution in [-0.2, 0) is 11.3 Å². The normalized spacial score (nSPS) is 17.6. The highest BCUT2D eigenvalue weighted by atomic mass is 127. The zero-order valence-corrected chi connectivity index (χ0v) is 16.9. The van der Waals surface area contributed by atoms with E-state index in [1.165, 1.54) is 6.07 Å². The first-order valence-corrected chi connectivity index (χ1v) is 8.19. The van der Waals surface area contributed by atoms with Crippen LogP contribution in [0.4, 0.5) is 8.78 Å². The molecule has 1 fully saturated rings. The number of benzene rings is 1. The lowest BCUT2D eigenvalue weighted by atomic mass is 10.1. The Morgan fingerprint density at radius 3 is 2.84 bits per heavy atom. The Hall–Kier alpha value is -1.16. The molecule has 0 spiro atoms. The average molecular weight is 469 g/mol. The van der Waals surface area contributed by atoms with Gasteiger partial charge in [-0.2, -0.15) is 8.78 Å². The van der Waals surface area contributed by atoms with Gasteiger partial charge in [0, 0.05) is 38.2 Å². The first kappa shape index (κ1) is 21.9. The van der Waals surface area contributed by atoms with Gasteiger partial charge < -0.3 is 19.7 Å². The molecule has 25 heavy (non-hydrogen) atoms. The fourth-order valence-corrected chi connectivity index (χ4v) is 2.83. The second-order valence-electron chi connectivity index (χ2n) is 5.71. The molecule has 0 aromatic heterocycles. The molecule has 0 aliphatic carbocycles. The maximum Gasteiger partial charge on any atom is 0.387 e. The zero-order chi connectivity index (χ0) is 17.4. The van der Waals surface area contributed by atoms with E-state index in [1.807, 2.05) is 6.92 Å². The molecule has 8 heteroatoms. The van der Waals surface area contributed by atoms with Crippen LogP contribution in [0.5, 0.6) is 5.75 Å². The number of hydrogen-bond acceptors (Lipinski definition) is 3. The minimum absolute atomic E-state index is 0. The number of alkyl halides is 2. The summed E-state index contributed by atoms with van der Waals surface area (Å²) in [6.45, 7) is 2.74. The zero-order valence-electron chi connectivity index (χ0n) is 14.6. The van der Waals surface area contributed by atoms with Gasteiger partial charge in [0.25, 0.3) is 0 Å². The summed E-state index contributed by atoms with van der Waals surface area (Å²) in [4.78, 5) is 6.78. The minimum atomic E-state index is -2.84. The molecule has 0 bridgehead atoms. The maximum absolute atomic E-state index is 12.5. The topological polar surface area (TPSA) is 46.1 Å². The number of guanidine groups is 1. The molecule has 1 N–H and O–H groups in total. The number of nitrogens with zero attached hydrogens (tertiary/aromatic N) is 2. The van der Waals surface area contributed by atoms with Gasteiger partial charge >= 0.3 is 6.61 Å². The third-order valence-electron chi connectivity index (χ3n) is 3.91. The molecular weight excluding hydrogens is 443 g/mol. The van der Waals surface area contributed by atoms with Crippen molar-refractivity contribution in [2.75, 3.05) is 33.4 Å². The molecule has 1 aromatic carbocycles. The van der Waals surface area contributed by atoms with Crippen LogP contribution in [0.1, 0.15) is 18.9 Å². The Bertz CT molecular complexity index is 546. The summed E-state index contributed by atoms with van der Waals surface area (Å²) in [6, 6.07) is 6.75. The fraction of sp³-hybridized carbons (Fsp3) is 0.588. The molecule has 1 unspecified atom stereocenters. The fourth-order valence-electron chi connectivity index (χ4n) is 2.83. The number of hydrogen-bond donors (Lipinski definition) is 1. The molecule has 0 radical (unpaired) electrons. The van der Waals surface area contributed by atoms with Gasteiger partial charge in [-0.05, 0) is 19.4 Å². The molecule has 2 rings (SSSR count). The van der Waals surface area contributed by atoms with Gasteiger partial charge in [0.15, 0.2) is 5.96 Å². The van der Waals surface area contributed by atoms with E-state index in [1.54, 1.807) is 25.3 Å². The van der Waals surface area contributed by atoms with Gasteiger partial charge in [0.05, 0.1) is 13.2 Å². The Kier molecular flexibility index (Phi) is 10.0. The predicted molar refractivity (Wildman–Crippen MR) is 105 cm³/mol. The molecule has 0 saturated carbocycles. The van der Waals surface area contributed by atoms with E-state index in [9.17, 15) is 8.78 Å². The highest BCUT2D eigenvalue weighted by Gasteiger charge is 2.24. The Balaban J connectivity index is 0.00000312. The number of halogens is 3. The van der Waals surface area contributed by atoms with E-state index in [0.717, 1.165) is 38.6 Å². The van der Waals surface area contributed by atoms with Gasteiger partial charge in [0.1, 0.15) is 5.75 Å². The number of para-hydroxylation sites is 1. The van der Waals surface area contributed by atoms with E-state index in [4.69, 9.17) is 4.74 Å². The van der Waals surface area contributed by atoms with Crippen molar-refractivity contribution in [3.8, 4) is 5.75 Å². The highest BCUT2D eigenvalue weighted by Crippen LogP contribution is 2.22. The third-order valence-corrected chi connectivity index (χ3v) is 3.91. The van der Waals surface area contributed by atoms with Crippen LogP contribution in [-0.4, -0.2) is 50.8 Å². The van der Waals surface area contributed by atoms with Crippen LogP contribution in [0, 0.1) is 5.92 Å². The van der Waals surface area contributed by atoms with Crippen molar-refractivity contribution in [1.82, 2.24) is 10.2 Å². The van der Waals surface area contributed by atoms with Crippen LogP contribution < -0.4 is 10.1 Å². The number of ether oxygens (including phenoxy) is 2. The van der Waals surface area contributed by atoms with Gasteiger partial charge in [0.2, 0.25) is 0 Å². The van der Waals surface area contributed by atoms with Crippen molar-refractivity contribution >= 4 is 29.9 Å². The standard InChI is InChI=1S/C17H25F2N3O2.HI/c1-3-20-17(22-9-8-13(11-22)12-23-2)21-10-14-6-4-5-7-15(14)24-16(18)19;/h4-7,13,16H,3,8-12H2,1-2H3,(H,20,21);1H. The summed E-state index contributed by atoms with van der Waals surface area (Å²) in [5.74, 6) is 1.46. The molecule has 1 heterocycles. The van der Waals surface area contributed by atoms with E-state index in [0.29, 0.717) is 11.5 Å². The predicted octanol–water partition coefficient (Wildman–Crippen LogP) is 3.34. The largest absolute Gasteiger partial charge is 0.434 e. The molecular formula is C17H26F2IN3O2. The van der Waals surface area contributed by atoms with Gasteiger partial charge in [-0.3, -0.25) is 0 Å². The number of nitrogens with one attached hydrogen (secondary N) is 1. The molecule has 1 atom stereocenters. The Labute approximate surface area is 164 Å². The van der Waals surface area contributed by atoms with Gasteiger partial charge in [-0.25, -0.2) is 4.99 Å². The van der Waals surface area contributed by atoms with E-state index >= 15 is 0 Å². The number of methoxy groups -OCH3 is 1. The first-order valence-electron chi connectivity index (χ1n) is 8.19. The molecule has 0 amide bonds. The van der Waals surface area contributed by atoms with Gasteiger partial charge in [-0.1, -0.05) is 18.2 Å². The molecule has 142 valence electrons. The van der Waals surface area contributed by atoms with Crippen molar-refractivity contribution in [2.45, 2.75) is 26.5 Å². The Morgan fingerprint density at radius 1 is 1.40 bits per heavy atom. The summed E-state index contributed by atoms with van der Waals surface area (Å²) in [5.41, 5.74) is 0.640. The van der Waals surface area contributed by atoms with E-state index in [-0.39, 0.29) is 36.3 Å². The third kappa shape index (κ3) is 6.93. The van der Waals surface area contributed by atoms with Crippen molar-refractivity contribution in [1.29, 1.82) is 0 Å². The number of aliphatic imine (C=N–C) groups is 1. The monoisotopic (exact) mass is 469 g/mol. The smallest absolute Gasteiger partial charge is 0.387 e. The van der Waals surface area contributed by atoms with E-state index < -0.39 is 6.61 Å². The highest BCUT2D eigenvalue weighted by molar-refractivity contribution is 14.0. The summed E-state index contributed by atoms with van der Waals surface area (Å²) in [7, 11) is 1.71. The molecule has 1 aromatic rings. The quantitative estimate of drug-likeness (QED) is 0.378. The maximum atomic E-state index is 12.5. The molecule has 5 nitrogen and oxygen atoms in total. The average Bonchev–Trinajstić information content (AvgIpc) is 3.01. The van der Waals surface area contributed by atoms with Crippen molar-refractivity contribution < 1.29 is 18.3 Å². The molecule has 1 aliphatic rings. The second-order valence-corrected chi connectivity index (χ2v) is 5.71. The number of likely N-dealkylation sites (tertiary alicyclic amines) is 1. The lowest BCUT2D eigenvalue weighted by Gasteiger charge is -2.21. The number of rotatable bonds is 7. The summed E-state index contributed by atoms with van der Waals surface area (Å²) in [6.07, 6.45) is 1.06. The van der Waals surface area contributed by atoms with Crippen LogP contribution in [0.2, 0.25) is 0 Å². The van der Waals surface area contributed by atoms with Crippen LogP contribution in [0.15, 0.2) is 29.3 Å². The Morgan fingerprint density at radius 2 is 2.16 bits per heavy atom. The summed E-state index contributed by atoms with van der Waals surface area (Å²) < 4.78 is 34.8. The van der Waals surface area contributed by atoms with Crippen molar-refractivity contribution in [2.24, 2.45) is 10.9 Å². The van der Waals surface area contributed by atoms with Crippen LogP contribution in [0.3, 0.4) is 0 Å². The summed E-state index contributed by atoms with van der Waals surface area (Å²) >= 11 is 0. The minimum Gasteiger partial charge on any atom is -0.434 e. The lowest BCUT2D eigenvalue weighted by molar-refractivity contribution is -0.0504. The summed E-state index contributed by atoms with van der Waals surface area (Å²) in [5, 5.41) is 3.26. The SMILES string of the molecule is CCNC(=NCc1ccccc1OC(F)F)N1CCC(COC)C1.I. The van der Waals surface area contributed by atoms with Crippen molar-refractivity contribution in [3.05, 3.63) is 29.8 Å². The first-order chi connectivity index (χ1) is 11.6. The molecule has 1 saturated heterocycles. The lowest BCUT2D eigenvalue weighted by Crippen LogP contribution is -2.40. The van der Waals surface area contributed by atoms with Gasteiger partial charge in [-0.15, -0.1) is 24.0 Å². The van der Waals surface area contributed by atoms with Crippen molar-refractivity contribution in [3.63, 3.8) is 0 Å². The van der Waals surface area contributed by atoms with Crippen LogP contribution >= 0.6 is 24.0 Å². The van der Waals surface area contributed by atoms with E-state index in [2.05, 4.69) is 19.9 Å². The second kappa shape index (κ2) is 11.5. The molecule has 1 aliphatic heterocycles. The van der Waals surface area contributed by atoms with Crippen LogP contribution in [0.25, 0.3) is 0 Å².